The second kappa shape index (κ2) is 10.6. The summed E-state index contributed by atoms with van der Waals surface area (Å²) in [6.07, 6.45) is -0.262. The van der Waals surface area contributed by atoms with E-state index in [4.69, 9.17) is 14.2 Å². The van der Waals surface area contributed by atoms with Gasteiger partial charge in [-0.1, -0.05) is 12.1 Å². The Bertz CT molecular complexity index is 890. The van der Waals surface area contributed by atoms with Crippen LogP contribution >= 0.6 is 0 Å². The molecule has 2 aromatic carbocycles. The summed E-state index contributed by atoms with van der Waals surface area (Å²) in [7, 11) is 1.49. The van der Waals surface area contributed by atoms with Crippen molar-refractivity contribution in [3.63, 3.8) is 0 Å². The highest BCUT2D eigenvalue weighted by Gasteiger charge is 2.13. The molecule has 152 valence electrons. The highest BCUT2D eigenvalue weighted by Crippen LogP contribution is 2.23. The molecule has 0 aromatic heterocycles. The van der Waals surface area contributed by atoms with Crippen molar-refractivity contribution >= 4 is 29.3 Å². The predicted molar refractivity (Wildman–Crippen MR) is 104 cm³/mol. The Morgan fingerprint density at radius 2 is 1.62 bits per heavy atom. The second-order valence-corrected chi connectivity index (χ2v) is 5.95. The standard InChI is InChI=1S/C21H21NO7/c1-14(23)29-16-9-7-15(8-10-16)18(24)13-28-21(26)12-11-20(25)22-17-5-3-4-6-19(17)27-2/h3-10H,11-13H2,1-2H3,(H,22,25). The smallest absolute Gasteiger partial charge is 0.308 e. The number of anilines is 1. The first kappa shape index (κ1) is 21.6. The number of carbonyl (C=O) groups is 4. The van der Waals surface area contributed by atoms with Gasteiger partial charge in [0.05, 0.1) is 19.2 Å². The van der Waals surface area contributed by atoms with E-state index in [9.17, 15) is 19.2 Å². The number of hydrogen-bond acceptors (Lipinski definition) is 7. The molecule has 0 saturated carbocycles. The van der Waals surface area contributed by atoms with E-state index in [1.165, 1.54) is 38.3 Å². The van der Waals surface area contributed by atoms with Crippen LogP contribution in [0.1, 0.15) is 30.1 Å². The van der Waals surface area contributed by atoms with Gasteiger partial charge in [0.25, 0.3) is 0 Å². The van der Waals surface area contributed by atoms with Gasteiger partial charge in [0.1, 0.15) is 11.5 Å². The summed E-state index contributed by atoms with van der Waals surface area (Å²) in [6.45, 7) is 0.828. The minimum absolute atomic E-state index is 0.0951. The van der Waals surface area contributed by atoms with Crippen molar-refractivity contribution in [2.24, 2.45) is 0 Å². The molecule has 0 aliphatic rings. The lowest BCUT2D eigenvalue weighted by molar-refractivity contribution is -0.143. The zero-order chi connectivity index (χ0) is 21.2. The monoisotopic (exact) mass is 399 g/mol. The maximum Gasteiger partial charge on any atom is 0.308 e. The van der Waals surface area contributed by atoms with E-state index in [0.29, 0.717) is 22.7 Å². The third kappa shape index (κ3) is 7.10. The van der Waals surface area contributed by atoms with Gasteiger partial charge < -0.3 is 19.5 Å². The second-order valence-electron chi connectivity index (χ2n) is 5.95. The van der Waals surface area contributed by atoms with Crippen molar-refractivity contribution in [3.05, 3.63) is 54.1 Å². The first-order chi connectivity index (χ1) is 13.9. The Morgan fingerprint density at radius 3 is 2.28 bits per heavy atom. The van der Waals surface area contributed by atoms with Crippen LogP contribution < -0.4 is 14.8 Å². The highest BCUT2D eigenvalue weighted by molar-refractivity contribution is 5.98. The number of para-hydroxylation sites is 2. The quantitative estimate of drug-likeness (QED) is 0.392. The number of carbonyl (C=O) groups excluding carboxylic acids is 4. The van der Waals surface area contributed by atoms with Crippen molar-refractivity contribution in [2.45, 2.75) is 19.8 Å². The van der Waals surface area contributed by atoms with Crippen LogP contribution in [0.25, 0.3) is 0 Å². The van der Waals surface area contributed by atoms with Crippen LogP contribution in [-0.2, 0) is 19.1 Å². The molecule has 0 radical (unpaired) electrons. The van der Waals surface area contributed by atoms with E-state index in [1.54, 1.807) is 24.3 Å². The van der Waals surface area contributed by atoms with Crippen LogP contribution in [0.4, 0.5) is 5.69 Å². The first-order valence-electron chi connectivity index (χ1n) is 8.79. The Morgan fingerprint density at radius 1 is 0.931 bits per heavy atom. The lowest BCUT2D eigenvalue weighted by Gasteiger charge is -2.09. The molecule has 0 aliphatic heterocycles. The molecule has 1 amide bonds. The summed E-state index contributed by atoms with van der Waals surface area (Å²) < 4.78 is 14.9. The minimum Gasteiger partial charge on any atom is -0.495 e. The van der Waals surface area contributed by atoms with Crippen molar-refractivity contribution in [1.29, 1.82) is 0 Å². The lowest BCUT2D eigenvalue weighted by Crippen LogP contribution is -2.17. The number of benzene rings is 2. The van der Waals surface area contributed by atoms with Gasteiger partial charge in [0.15, 0.2) is 12.4 Å². The van der Waals surface area contributed by atoms with E-state index in [-0.39, 0.29) is 18.7 Å². The predicted octanol–water partition coefficient (Wildman–Crippen LogP) is 2.77. The largest absolute Gasteiger partial charge is 0.495 e. The van der Waals surface area contributed by atoms with Crippen molar-refractivity contribution in [1.82, 2.24) is 0 Å². The average molecular weight is 399 g/mol. The normalized spacial score (nSPS) is 10.0. The Kier molecular flexibility index (Phi) is 7.90. The molecule has 0 fully saturated rings. The number of methoxy groups -OCH3 is 1. The van der Waals surface area contributed by atoms with Gasteiger partial charge >= 0.3 is 11.9 Å². The zero-order valence-corrected chi connectivity index (χ0v) is 16.1. The van der Waals surface area contributed by atoms with Crippen LogP contribution in [0.15, 0.2) is 48.5 Å². The first-order valence-corrected chi connectivity index (χ1v) is 8.79. The molecule has 0 spiro atoms. The average Bonchev–Trinajstić information content (AvgIpc) is 2.71. The molecule has 1 N–H and O–H groups in total. The molecule has 29 heavy (non-hydrogen) atoms. The number of Topliss-reactive ketones (excluding diaryl/α,β-unsaturated/α-hetero) is 1. The van der Waals surface area contributed by atoms with Gasteiger partial charge in [0.2, 0.25) is 5.91 Å². The Balaban J connectivity index is 1.75. The van der Waals surface area contributed by atoms with Crippen molar-refractivity contribution < 1.29 is 33.4 Å². The van der Waals surface area contributed by atoms with Gasteiger partial charge in [-0.15, -0.1) is 0 Å². The third-order valence-electron chi connectivity index (χ3n) is 3.74. The summed E-state index contributed by atoms with van der Waals surface area (Å²) in [5, 5.41) is 2.65. The number of rotatable bonds is 9. The van der Waals surface area contributed by atoms with Crippen LogP contribution in [0, 0.1) is 0 Å². The summed E-state index contributed by atoms with van der Waals surface area (Å²) >= 11 is 0. The number of hydrogen-bond donors (Lipinski definition) is 1. The van der Waals surface area contributed by atoms with E-state index in [2.05, 4.69) is 5.32 Å². The molecule has 0 bridgehead atoms. The van der Waals surface area contributed by atoms with Crippen LogP contribution in [0.2, 0.25) is 0 Å². The fraction of sp³-hybridized carbons (Fsp3) is 0.238. The molecule has 0 aliphatic carbocycles. The third-order valence-corrected chi connectivity index (χ3v) is 3.74. The minimum atomic E-state index is -0.662. The van der Waals surface area contributed by atoms with E-state index >= 15 is 0 Å². The SMILES string of the molecule is COc1ccccc1NC(=O)CCC(=O)OCC(=O)c1ccc(OC(C)=O)cc1. The van der Waals surface area contributed by atoms with Crippen molar-refractivity contribution in [3.8, 4) is 11.5 Å². The molecule has 0 saturated heterocycles. The molecule has 2 aromatic rings. The van der Waals surface area contributed by atoms with Gasteiger partial charge in [-0.2, -0.15) is 0 Å². The fourth-order valence-electron chi connectivity index (χ4n) is 2.35. The molecule has 0 atom stereocenters. The number of amides is 1. The number of nitrogens with one attached hydrogen (secondary N) is 1. The van der Waals surface area contributed by atoms with E-state index < -0.39 is 24.3 Å². The number of ether oxygens (including phenoxy) is 3. The summed E-state index contributed by atoms with van der Waals surface area (Å²) in [6, 6.07) is 12.8. The van der Waals surface area contributed by atoms with Crippen LogP contribution in [0.5, 0.6) is 11.5 Å². The molecular weight excluding hydrogens is 378 g/mol. The van der Waals surface area contributed by atoms with Gasteiger partial charge in [-0.3, -0.25) is 19.2 Å². The van der Waals surface area contributed by atoms with E-state index in [1.807, 2.05) is 0 Å². The van der Waals surface area contributed by atoms with Gasteiger partial charge in [0, 0.05) is 18.9 Å². The van der Waals surface area contributed by atoms with Gasteiger partial charge in [-0.25, -0.2) is 0 Å². The van der Waals surface area contributed by atoms with Gasteiger partial charge in [-0.05, 0) is 36.4 Å². The molecule has 0 unspecified atom stereocenters. The van der Waals surface area contributed by atoms with Crippen molar-refractivity contribution in [2.75, 3.05) is 19.0 Å². The maximum absolute atomic E-state index is 12.1. The number of ketones is 1. The zero-order valence-electron chi connectivity index (χ0n) is 16.1. The molecule has 8 heteroatoms. The molecule has 2 rings (SSSR count). The Labute approximate surface area is 167 Å². The summed E-state index contributed by atoms with van der Waals surface area (Å²) in [5.41, 5.74) is 0.809. The topological polar surface area (TPSA) is 108 Å². The highest BCUT2D eigenvalue weighted by atomic mass is 16.5. The summed E-state index contributed by atoms with van der Waals surface area (Å²) in [5.74, 6) is -1.09. The number of esters is 2. The maximum atomic E-state index is 12.1. The molecule has 0 heterocycles. The van der Waals surface area contributed by atoms with E-state index in [0.717, 1.165) is 0 Å². The summed E-state index contributed by atoms with van der Waals surface area (Å²) in [4.78, 5) is 46.7. The fourth-order valence-corrected chi connectivity index (χ4v) is 2.35. The van der Waals surface area contributed by atoms with Crippen LogP contribution in [-0.4, -0.2) is 37.3 Å². The van der Waals surface area contributed by atoms with Crippen LogP contribution in [0.3, 0.4) is 0 Å². The molecule has 8 nitrogen and oxygen atoms in total. The molecular formula is C21H21NO7. The lowest BCUT2D eigenvalue weighted by atomic mass is 10.1. The Hall–Kier alpha value is -3.68.